The number of hydrogen-bond acceptors (Lipinski definition) is 4. The van der Waals surface area contributed by atoms with Crippen LogP contribution >= 0.6 is 15.9 Å². The number of nitrogens with zero attached hydrogens (tertiary/aromatic N) is 1. The lowest BCUT2D eigenvalue weighted by Crippen LogP contribution is -2.05. The molecule has 0 radical (unpaired) electrons. The van der Waals surface area contributed by atoms with Gasteiger partial charge in [-0.2, -0.15) is 0 Å². The van der Waals surface area contributed by atoms with Crippen LogP contribution in [0.4, 0.5) is 5.69 Å². The van der Waals surface area contributed by atoms with Crippen LogP contribution < -0.4 is 10.3 Å². The number of nitrogens with one attached hydrogen (secondary N) is 1. The van der Waals surface area contributed by atoms with Gasteiger partial charge in [0.05, 0.1) is 22.4 Å². The van der Waals surface area contributed by atoms with E-state index in [2.05, 4.69) is 20.9 Å². The standard InChI is InChI=1S/C13H13BrN2O4/c14-7-1-2-8-20-11-5-4-10-9(13(11)16(18)19)3-6-12(17)15-10/h3-6H,1-2,7-8H2,(H,15,17). The van der Waals surface area contributed by atoms with Gasteiger partial charge in [-0.25, -0.2) is 0 Å². The van der Waals surface area contributed by atoms with Crippen LogP contribution in [-0.4, -0.2) is 21.8 Å². The summed E-state index contributed by atoms with van der Waals surface area (Å²) in [5.74, 6) is 0.226. The Labute approximate surface area is 123 Å². The number of hydrogen-bond donors (Lipinski definition) is 1. The predicted molar refractivity (Wildman–Crippen MR) is 79.7 cm³/mol. The molecule has 0 aliphatic carbocycles. The number of aromatic amines is 1. The Hall–Kier alpha value is -1.89. The molecule has 2 rings (SSSR count). The van der Waals surface area contributed by atoms with E-state index in [-0.39, 0.29) is 17.0 Å². The summed E-state index contributed by atoms with van der Waals surface area (Å²) in [6.07, 6.45) is 1.75. The largest absolute Gasteiger partial charge is 0.487 e. The SMILES string of the molecule is O=c1ccc2c([N+](=O)[O-])c(OCCCCBr)ccc2[nH]1. The minimum atomic E-state index is -0.486. The lowest BCUT2D eigenvalue weighted by molar-refractivity contribution is -0.384. The van der Waals surface area contributed by atoms with Crippen LogP contribution in [0.25, 0.3) is 10.9 Å². The average molecular weight is 341 g/mol. The minimum absolute atomic E-state index is 0.113. The molecule has 1 aromatic carbocycles. The van der Waals surface area contributed by atoms with Crippen molar-refractivity contribution in [3.05, 3.63) is 44.7 Å². The average Bonchev–Trinajstić information content (AvgIpc) is 2.42. The first-order chi connectivity index (χ1) is 9.63. The van der Waals surface area contributed by atoms with E-state index in [9.17, 15) is 14.9 Å². The third-order valence-electron chi connectivity index (χ3n) is 2.81. The molecule has 1 heterocycles. The van der Waals surface area contributed by atoms with Crippen LogP contribution in [0.15, 0.2) is 29.1 Å². The van der Waals surface area contributed by atoms with Crippen molar-refractivity contribution in [2.24, 2.45) is 0 Å². The second-order valence-electron chi connectivity index (χ2n) is 4.20. The van der Waals surface area contributed by atoms with E-state index in [0.717, 1.165) is 18.2 Å². The van der Waals surface area contributed by atoms with Crippen molar-refractivity contribution in [2.75, 3.05) is 11.9 Å². The van der Waals surface area contributed by atoms with Crippen LogP contribution in [-0.2, 0) is 0 Å². The van der Waals surface area contributed by atoms with E-state index < -0.39 is 4.92 Å². The number of benzene rings is 1. The monoisotopic (exact) mass is 340 g/mol. The highest BCUT2D eigenvalue weighted by molar-refractivity contribution is 9.09. The van der Waals surface area contributed by atoms with Crippen molar-refractivity contribution in [1.82, 2.24) is 4.98 Å². The fourth-order valence-corrected chi connectivity index (χ4v) is 2.28. The summed E-state index contributed by atoms with van der Waals surface area (Å²) in [5, 5.41) is 12.5. The number of nitro groups is 1. The molecule has 0 bridgehead atoms. The molecule has 0 aliphatic rings. The number of ether oxygens (including phenoxy) is 1. The molecule has 1 aromatic heterocycles. The number of H-pyrrole nitrogens is 1. The predicted octanol–water partition coefficient (Wildman–Crippen LogP) is 2.99. The van der Waals surface area contributed by atoms with E-state index in [1.165, 1.54) is 18.2 Å². The molecule has 2 aromatic rings. The summed E-state index contributed by atoms with van der Waals surface area (Å²) >= 11 is 3.32. The van der Waals surface area contributed by atoms with Crippen molar-refractivity contribution in [3.63, 3.8) is 0 Å². The van der Waals surface area contributed by atoms with Gasteiger partial charge in [0.15, 0.2) is 5.75 Å². The Kier molecular flexibility index (Phi) is 4.73. The molecule has 7 heteroatoms. The lowest BCUT2D eigenvalue weighted by atomic mass is 10.1. The lowest BCUT2D eigenvalue weighted by Gasteiger charge is -2.08. The van der Waals surface area contributed by atoms with E-state index in [1.807, 2.05) is 0 Å². The maximum Gasteiger partial charge on any atom is 0.320 e. The number of nitro benzene ring substituents is 1. The van der Waals surface area contributed by atoms with Crippen LogP contribution in [0.5, 0.6) is 5.75 Å². The highest BCUT2D eigenvalue weighted by Crippen LogP contribution is 2.34. The smallest absolute Gasteiger partial charge is 0.320 e. The first-order valence-corrected chi connectivity index (χ1v) is 7.25. The second-order valence-corrected chi connectivity index (χ2v) is 4.99. The zero-order valence-corrected chi connectivity index (χ0v) is 12.2. The van der Waals surface area contributed by atoms with E-state index in [1.54, 1.807) is 6.07 Å². The first-order valence-electron chi connectivity index (χ1n) is 6.12. The zero-order valence-electron chi connectivity index (χ0n) is 10.6. The van der Waals surface area contributed by atoms with Crippen molar-refractivity contribution < 1.29 is 9.66 Å². The van der Waals surface area contributed by atoms with E-state index in [0.29, 0.717) is 17.5 Å². The van der Waals surface area contributed by atoms with Gasteiger partial charge >= 0.3 is 5.69 Å². The van der Waals surface area contributed by atoms with E-state index >= 15 is 0 Å². The van der Waals surface area contributed by atoms with Gasteiger partial charge in [-0.1, -0.05) is 15.9 Å². The highest BCUT2D eigenvalue weighted by atomic mass is 79.9. The molecule has 0 spiro atoms. The summed E-state index contributed by atoms with van der Waals surface area (Å²) < 4.78 is 5.48. The Morgan fingerprint density at radius 2 is 2.05 bits per heavy atom. The summed E-state index contributed by atoms with van der Waals surface area (Å²) in [7, 11) is 0. The second kappa shape index (κ2) is 6.51. The summed E-state index contributed by atoms with van der Waals surface area (Å²) in [4.78, 5) is 24.5. The first kappa shape index (κ1) is 14.5. The number of pyridine rings is 1. The van der Waals surface area contributed by atoms with Crippen molar-refractivity contribution in [3.8, 4) is 5.75 Å². The van der Waals surface area contributed by atoms with Crippen LogP contribution in [0, 0.1) is 10.1 Å². The van der Waals surface area contributed by atoms with E-state index in [4.69, 9.17) is 4.74 Å². The summed E-state index contributed by atoms with van der Waals surface area (Å²) in [5.41, 5.74) is 0.0207. The molecular formula is C13H13BrN2O4. The molecule has 106 valence electrons. The molecule has 20 heavy (non-hydrogen) atoms. The summed E-state index contributed by atoms with van der Waals surface area (Å²) in [6, 6.07) is 5.84. The molecule has 1 N–H and O–H groups in total. The van der Waals surface area contributed by atoms with Gasteiger partial charge in [0.1, 0.15) is 0 Å². The Morgan fingerprint density at radius 3 is 2.75 bits per heavy atom. The van der Waals surface area contributed by atoms with Gasteiger partial charge < -0.3 is 9.72 Å². The van der Waals surface area contributed by atoms with Gasteiger partial charge in [0.2, 0.25) is 5.56 Å². The maximum absolute atomic E-state index is 11.2. The number of rotatable bonds is 6. The van der Waals surface area contributed by atoms with Crippen LogP contribution in [0.1, 0.15) is 12.8 Å². The van der Waals surface area contributed by atoms with Gasteiger partial charge in [0, 0.05) is 11.4 Å². The molecule has 0 saturated carbocycles. The van der Waals surface area contributed by atoms with Crippen molar-refractivity contribution in [2.45, 2.75) is 12.8 Å². The Balaban J connectivity index is 2.39. The Morgan fingerprint density at radius 1 is 1.25 bits per heavy atom. The Bertz CT molecular complexity index is 684. The number of aromatic nitrogens is 1. The molecule has 0 atom stereocenters. The topological polar surface area (TPSA) is 85.2 Å². The van der Waals surface area contributed by atoms with Crippen molar-refractivity contribution in [1.29, 1.82) is 0 Å². The molecule has 0 amide bonds. The van der Waals surface area contributed by atoms with Gasteiger partial charge in [-0.3, -0.25) is 14.9 Å². The normalized spacial score (nSPS) is 10.7. The molecule has 0 aliphatic heterocycles. The molecule has 6 nitrogen and oxygen atoms in total. The van der Waals surface area contributed by atoms with Gasteiger partial charge in [-0.05, 0) is 31.0 Å². The fourth-order valence-electron chi connectivity index (χ4n) is 1.88. The fraction of sp³-hybridized carbons (Fsp3) is 0.308. The van der Waals surface area contributed by atoms with Gasteiger partial charge in [0.25, 0.3) is 0 Å². The van der Waals surface area contributed by atoms with Crippen LogP contribution in [0.2, 0.25) is 0 Å². The maximum atomic E-state index is 11.2. The highest BCUT2D eigenvalue weighted by Gasteiger charge is 2.20. The molecular weight excluding hydrogens is 328 g/mol. The molecule has 0 unspecified atom stereocenters. The number of halogens is 1. The van der Waals surface area contributed by atoms with Crippen LogP contribution in [0.3, 0.4) is 0 Å². The summed E-state index contributed by atoms with van der Waals surface area (Å²) in [6.45, 7) is 0.418. The molecule has 0 fully saturated rings. The van der Waals surface area contributed by atoms with Crippen molar-refractivity contribution >= 4 is 32.5 Å². The quantitative estimate of drug-likeness (QED) is 0.379. The number of alkyl halides is 1. The minimum Gasteiger partial charge on any atom is -0.487 e. The van der Waals surface area contributed by atoms with Gasteiger partial charge in [-0.15, -0.1) is 0 Å². The molecule has 0 saturated heterocycles. The number of fused-ring (bicyclic) bond motifs is 1. The zero-order chi connectivity index (χ0) is 14.5. The third-order valence-corrected chi connectivity index (χ3v) is 3.37. The third kappa shape index (κ3) is 3.16. The number of unbranched alkanes of at least 4 members (excludes halogenated alkanes) is 1.